The van der Waals surface area contributed by atoms with Crippen LogP contribution in [-0.4, -0.2) is 27.5 Å². The summed E-state index contributed by atoms with van der Waals surface area (Å²) < 4.78 is 37.3. The summed E-state index contributed by atoms with van der Waals surface area (Å²) in [5.74, 6) is 0.343. The van der Waals surface area contributed by atoms with Crippen molar-refractivity contribution in [1.82, 2.24) is 4.72 Å². The van der Waals surface area contributed by atoms with E-state index in [1.54, 1.807) is 37.4 Å². The van der Waals surface area contributed by atoms with E-state index in [0.29, 0.717) is 15.3 Å². The predicted octanol–water partition coefficient (Wildman–Crippen LogP) is 2.79. The quantitative estimate of drug-likeness (QED) is 0.778. The fourth-order valence-corrected chi connectivity index (χ4v) is 4.67. The van der Waals surface area contributed by atoms with Gasteiger partial charge in [-0.2, -0.15) is 0 Å². The van der Waals surface area contributed by atoms with E-state index >= 15 is 0 Å². The third-order valence-corrected chi connectivity index (χ3v) is 6.25. The standard InChI is InChI=1S/C14H14BrNO5S2/c1-9(21-11-5-3-10(20-2)4-6-11)14(17)16-23(18,19)13-8-7-12(15)22-13/h3-9H,1-2H3,(H,16,17). The van der Waals surface area contributed by atoms with Crippen LogP contribution in [0.5, 0.6) is 11.5 Å². The number of hydrogen-bond donors (Lipinski definition) is 1. The molecule has 23 heavy (non-hydrogen) atoms. The van der Waals surface area contributed by atoms with Gasteiger partial charge in [-0.15, -0.1) is 11.3 Å². The molecule has 1 unspecified atom stereocenters. The zero-order valence-electron chi connectivity index (χ0n) is 12.3. The smallest absolute Gasteiger partial charge is 0.274 e. The first-order valence-corrected chi connectivity index (χ1v) is 9.54. The molecular weight excluding hydrogens is 406 g/mol. The highest BCUT2D eigenvalue weighted by Crippen LogP contribution is 2.26. The number of carbonyl (C=O) groups is 1. The van der Waals surface area contributed by atoms with Crippen molar-refractivity contribution in [2.45, 2.75) is 17.2 Å². The Hall–Kier alpha value is -1.58. The van der Waals surface area contributed by atoms with Gasteiger partial charge in [-0.25, -0.2) is 13.1 Å². The molecule has 1 atom stereocenters. The molecule has 1 aromatic carbocycles. The average molecular weight is 420 g/mol. The normalized spacial score (nSPS) is 12.5. The van der Waals surface area contributed by atoms with Crippen LogP contribution >= 0.6 is 27.3 Å². The molecule has 0 saturated carbocycles. The van der Waals surface area contributed by atoms with Gasteiger partial charge in [0.25, 0.3) is 15.9 Å². The third-order valence-electron chi connectivity index (χ3n) is 2.79. The summed E-state index contributed by atoms with van der Waals surface area (Å²) in [5.41, 5.74) is 0. The minimum Gasteiger partial charge on any atom is -0.497 e. The van der Waals surface area contributed by atoms with Gasteiger partial charge >= 0.3 is 0 Å². The minimum atomic E-state index is -3.90. The zero-order valence-corrected chi connectivity index (χ0v) is 15.5. The molecule has 0 spiro atoms. The lowest BCUT2D eigenvalue weighted by Gasteiger charge is -2.14. The molecule has 0 saturated heterocycles. The lowest BCUT2D eigenvalue weighted by Crippen LogP contribution is -2.39. The highest BCUT2D eigenvalue weighted by molar-refractivity contribution is 9.11. The Morgan fingerprint density at radius 3 is 2.30 bits per heavy atom. The first-order chi connectivity index (χ1) is 10.8. The van der Waals surface area contributed by atoms with Crippen LogP contribution in [-0.2, 0) is 14.8 Å². The highest BCUT2D eigenvalue weighted by atomic mass is 79.9. The maximum absolute atomic E-state index is 12.1. The molecule has 1 heterocycles. The molecule has 124 valence electrons. The number of halogens is 1. The van der Waals surface area contributed by atoms with Crippen molar-refractivity contribution < 1.29 is 22.7 Å². The minimum absolute atomic E-state index is 0.0503. The van der Waals surface area contributed by atoms with Crippen LogP contribution in [0.2, 0.25) is 0 Å². The van der Waals surface area contributed by atoms with E-state index in [2.05, 4.69) is 15.9 Å². The molecule has 2 rings (SSSR count). The Kier molecular flexibility index (Phi) is 5.66. The maximum atomic E-state index is 12.1. The van der Waals surface area contributed by atoms with Crippen molar-refractivity contribution in [2.75, 3.05) is 7.11 Å². The Morgan fingerprint density at radius 1 is 1.17 bits per heavy atom. The first kappa shape index (κ1) is 17.8. The van der Waals surface area contributed by atoms with Gasteiger partial charge in [0.15, 0.2) is 6.10 Å². The lowest BCUT2D eigenvalue weighted by molar-refractivity contribution is -0.125. The molecule has 0 bridgehead atoms. The summed E-state index contributed by atoms with van der Waals surface area (Å²) in [6, 6.07) is 9.64. The molecule has 0 aliphatic heterocycles. The van der Waals surface area contributed by atoms with Crippen LogP contribution in [0.4, 0.5) is 0 Å². The molecule has 2 aromatic rings. The van der Waals surface area contributed by atoms with E-state index < -0.39 is 22.0 Å². The van der Waals surface area contributed by atoms with E-state index in [1.807, 2.05) is 4.72 Å². The number of carbonyl (C=O) groups excluding carboxylic acids is 1. The summed E-state index contributed by atoms with van der Waals surface area (Å²) >= 11 is 4.20. The molecular formula is C14H14BrNO5S2. The fourth-order valence-electron chi connectivity index (χ4n) is 1.62. The predicted molar refractivity (Wildman–Crippen MR) is 90.4 cm³/mol. The third kappa shape index (κ3) is 4.69. The number of ether oxygens (including phenoxy) is 2. The van der Waals surface area contributed by atoms with Crippen LogP contribution in [0.25, 0.3) is 0 Å². The number of hydrogen-bond acceptors (Lipinski definition) is 6. The molecule has 0 aliphatic carbocycles. The molecule has 9 heteroatoms. The molecule has 0 fully saturated rings. The van der Waals surface area contributed by atoms with Crippen molar-refractivity contribution in [2.24, 2.45) is 0 Å². The van der Waals surface area contributed by atoms with Gasteiger partial charge in [0.05, 0.1) is 10.9 Å². The van der Waals surface area contributed by atoms with E-state index in [4.69, 9.17) is 9.47 Å². The highest BCUT2D eigenvalue weighted by Gasteiger charge is 2.24. The largest absolute Gasteiger partial charge is 0.497 e. The number of sulfonamides is 1. The summed E-state index contributed by atoms with van der Waals surface area (Å²) in [5, 5.41) is 0. The second kappa shape index (κ2) is 7.33. The monoisotopic (exact) mass is 419 g/mol. The second-order valence-electron chi connectivity index (χ2n) is 4.46. The van der Waals surface area contributed by atoms with Crippen molar-refractivity contribution in [1.29, 1.82) is 0 Å². The molecule has 1 amide bonds. The number of amides is 1. The SMILES string of the molecule is COc1ccc(OC(C)C(=O)NS(=O)(=O)c2ccc(Br)s2)cc1. The average Bonchev–Trinajstić information content (AvgIpc) is 2.95. The second-order valence-corrected chi connectivity index (χ2v) is 8.84. The molecule has 0 aliphatic rings. The fraction of sp³-hybridized carbons (Fsp3) is 0.214. The van der Waals surface area contributed by atoms with Crippen LogP contribution < -0.4 is 14.2 Å². The van der Waals surface area contributed by atoms with Gasteiger partial charge < -0.3 is 9.47 Å². The Labute approximate surface area is 146 Å². The van der Waals surface area contributed by atoms with Crippen molar-refractivity contribution in [3.05, 3.63) is 40.2 Å². The first-order valence-electron chi connectivity index (χ1n) is 6.44. The Balaban J connectivity index is 2.01. The number of nitrogens with one attached hydrogen (secondary N) is 1. The van der Waals surface area contributed by atoms with E-state index in [0.717, 1.165) is 11.3 Å². The number of thiophene rings is 1. The van der Waals surface area contributed by atoms with Gasteiger partial charge in [0, 0.05) is 0 Å². The van der Waals surface area contributed by atoms with Crippen molar-refractivity contribution in [3.8, 4) is 11.5 Å². The van der Waals surface area contributed by atoms with E-state index in [9.17, 15) is 13.2 Å². The molecule has 6 nitrogen and oxygen atoms in total. The summed E-state index contributed by atoms with van der Waals surface area (Å²) in [6.07, 6.45) is -0.971. The van der Waals surface area contributed by atoms with Gasteiger partial charge in [0.2, 0.25) is 0 Å². The van der Waals surface area contributed by atoms with Crippen LogP contribution in [0, 0.1) is 0 Å². The van der Waals surface area contributed by atoms with E-state index in [1.165, 1.54) is 13.0 Å². The lowest BCUT2D eigenvalue weighted by atomic mass is 10.3. The van der Waals surface area contributed by atoms with Gasteiger partial charge in [-0.05, 0) is 59.3 Å². The van der Waals surface area contributed by atoms with E-state index in [-0.39, 0.29) is 4.21 Å². The van der Waals surface area contributed by atoms with Crippen molar-refractivity contribution in [3.63, 3.8) is 0 Å². The van der Waals surface area contributed by atoms with Crippen molar-refractivity contribution >= 4 is 43.2 Å². The summed E-state index contributed by atoms with van der Waals surface area (Å²) in [4.78, 5) is 12.0. The van der Waals surface area contributed by atoms with Gasteiger partial charge in [-0.3, -0.25) is 4.79 Å². The van der Waals surface area contributed by atoms with Gasteiger partial charge in [-0.1, -0.05) is 0 Å². The van der Waals surface area contributed by atoms with Crippen LogP contribution in [0.3, 0.4) is 0 Å². The Bertz CT molecular complexity index is 786. The number of methoxy groups -OCH3 is 1. The summed E-state index contributed by atoms with van der Waals surface area (Å²) in [6.45, 7) is 1.47. The summed E-state index contributed by atoms with van der Waals surface area (Å²) in [7, 11) is -2.36. The van der Waals surface area contributed by atoms with Gasteiger partial charge in [0.1, 0.15) is 15.7 Å². The number of benzene rings is 1. The zero-order chi connectivity index (χ0) is 17.0. The molecule has 1 aromatic heterocycles. The number of rotatable bonds is 6. The molecule has 0 radical (unpaired) electrons. The topological polar surface area (TPSA) is 81.7 Å². The molecule has 1 N–H and O–H groups in total. The van der Waals surface area contributed by atoms with Crippen LogP contribution in [0.15, 0.2) is 44.4 Å². The maximum Gasteiger partial charge on any atom is 0.274 e. The van der Waals surface area contributed by atoms with Crippen LogP contribution in [0.1, 0.15) is 6.92 Å². The Morgan fingerprint density at radius 2 is 1.78 bits per heavy atom.